The molecule has 2 heterocycles. The molecular weight excluding hydrogens is 280 g/mol. The lowest BCUT2D eigenvalue weighted by atomic mass is 10.0. The first-order chi connectivity index (χ1) is 10.8. The summed E-state index contributed by atoms with van der Waals surface area (Å²) in [5, 5.41) is 0. The highest BCUT2D eigenvalue weighted by molar-refractivity contribution is 4.89. The maximum Gasteiger partial charge on any atom is 0.157 e. The Bertz CT molecular complexity index is 302. The van der Waals surface area contributed by atoms with Gasteiger partial charge in [0.15, 0.2) is 12.6 Å². The lowest BCUT2D eigenvalue weighted by molar-refractivity contribution is -0.215. The molecule has 2 aliphatic rings. The number of hydrogen-bond donors (Lipinski definition) is 0. The maximum atomic E-state index is 5.82. The monoisotopic (exact) mass is 312 g/mol. The number of ether oxygens (including phenoxy) is 4. The summed E-state index contributed by atoms with van der Waals surface area (Å²) in [4.78, 5) is 0. The molecule has 0 aromatic rings. The molecule has 4 heteroatoms. The van der Waals surface area contributed by atoms with Crippen LogP contribution in [0.15, 0.2) is 12.2 Å². The molecule has 0 radical (unpaired) electrons. The number of allylic oxidation sites excluding steroid dienone is 1. The number of rotatable bonds is 8. The molecule has 22 heavy (non-hydrogen) atoms. The van der Waals surface area contributed by atoms with Gasteiger partial charge in [0, 0.05) is 11.8 Å². The summed E-state index contributed by atoms with van der Waals surface area (Å²) in [5.74, 6) is 0.890. The van der Waals surface area contributed by atoms with Crippen molar-refractivity contribution in [1.82, 2.24) is 0 Å². The summed E-state index contributed by atoms with van der Waals surface area (Å²) < 4.78 is 23.1. The molecule has 2 aliphatic heterocycles. The van der Waals surface area contributed by atoms with Crippen LogP contribution >= 0.6 is 0 Å². The van der Waals surface area contributed by atoms with Gasteiger partial charge in [-0.1, -0.05) is 38.8 Å². The summed E-state index contributed by atoms with van der Waals surface area (Å²) in [5.41, 5.74) is 0. The standard InChI is InChI=1S/C18H32O4/c1-3-5-6-8-15-11-21-18(22-12-15)10-9-16-13-19-17(7-4-2)20-14-16/h6,8,15-18H,3-5,7,9-14H2,1-2H3/b8-6+/t15-,16?,17?,18-. The van der Waals surface area contributed by atoms with E-state index in [4.69, 9.17) is 18.9 Å². The van der Waals surface area contributed by atoms with E-state index in [0.29, 0.717) is 11.8 Å². The zero-order valence-electron chi connectivity index (χ0n) is 14.2. The Labute approximate surface area is 135 Å². The third-order valence-corrected chi connectivity index (χ3v) is 4.23. The van der Waals surface area contributed by atoms with Crippen molar-refractivity contribution >= 4 is 0 Å². The number of unbranched alkanes of at least 4 members (excludes halogenated alkanes) is 1. The van der Waals surface area contributed by atoms with Gasteiger partial charge < -0.3 is 18.9 Å². The van der Waals surface area contributed by atoms with Gasteiger partial charge in [-0.2, -0.15) is 0 Å². The Kier molecular flexibility index (Phi) is 8.45. The van der Waals surface area contributed by atoms with E-state index in [9.17, 15) is 0 Å². The van der Waals surface area contributed by atoms with Crippen LogP contribution in [0, 0.1) is 11.8 Å². The van der Waals surface area contributed by atoms with Crippen LogP contribution in [-0.4, -0.2) is 39.0 Å². The van der Waals surface area contributed by atoms with Crippen molar-refractivity contribution in [2.45, 2.75) is 65.0 Å². The summed E-state index contributed by atoms with van der Waals surface area (Å²) in [7, 11) is 0. The van der Waals surface area contributed by atoms with Crippen LogP contribution in [-0.2, 0) is 18.9 Å². The van der Waals surface area contributed by atoms with Crippen molar-refractivity contribution < 1.29 is 18.9 Å². The van der Waals surface area contributed by atoms with Crippen molar-refractivity contribution in [3.8, 4) is 0 Å². The topological polar surface area (TPSA) is 36.9 Å². The maximum absolute atomic E-state index is 5.82. The minimum atomic E-state index is -0.0517. The van der Waals surface area contributed by atoms with Gasteiger partial charge in [-0.05, 0) is 25.7 Å². The Hall–Kier alpha value is -0.420. The van der Waals surface area contributed by atoms with Crippen molar-refractivity contribution in [2.75, 3.05) is 26.4 Å². The highest BCUT2D eigenvalue weighted by Gasteiger charge is 2.25. The van der Waals surface area contributed by atoms with Crippen LogP contribution < -0.4 is 0 Å². The molecule has 0 aromatic heterocycles. The van der Waals surface area contributed by atoms with Gasteiger partial charge in [0.25, 0.3) is 0 Å². The molecule has 2 saturated heterocycles. The minimum Gasteiger partial charge on any atom is -0.352 e. The average Bonchev–Trinajstić information content (AvgIpc) is 2.56. The molecule has 0 amide bonds. The van der Waals surface area contributed by atoms with Gasteiger partial charge in [0.1, 0.15) is 0 Å². The zero-order valence-corrected chi connectivity index (χ0v) is 14.2. The van der Waals surface area contributed by atoms with Crippen LogP contribution in [0.25, 0.3) is 0 Å². The fourth-order valence-electron chi connectivity index (χ4n) is 2.82. The quantitative estimate of drug-likeness (QED) is 0.637. The average molecular weight is 312 g/mol. The minimum absolute atomic E-state index is 0.0131. The van der Waals surface area contributed by atoms with Crippen LogP contribution in [0.1, 0.15) is 52.4 Å². The first-order valence-electron chi connectivity index (χ1n) is 8.94. The van der Waals surface area contributed by atoms with E-state index >= 15 is 0 Å². The molecule has 0 aromatic carbocycles. The lowest BCUT2D eigenvalue weighted by Crippen LogP contribution is -2.34. The Morgan fingerprint density at radius 2 is 1.41 bits per heavy atom. The van der Waals surface area contributed by atoms with Gasteiger partial charge in [-0.25, -0.2) is 0 Å². The number of hydrogen-bond acceptors (Lipinski definition) is 4. The predicted molar refractivity (Wildman–Crippen MR) is 86.6 cm³/mol. The second kappa shape index (κ2) is 10.4. The fourth-order valence-corrected chi connectivity index (χ4v) is 2.82. The summed E-state index contributed by atoms with van der Waals surface area (Å²) in [6.45, 7) is 7.51. The van der Waals surface area contributed by atoms with Gasteiger partial charge in [-0.3, -0.25) is 0 Å². The van der Waals surface area contributed by atoms with Crippen LogP contribution in [0.2, 0.25) is 0 Å². The van der Waals surface area contributed by atoms with Crippen molar-refractivity contribution in [3.05, 3.63) is 12.2 Å². The molecule has 2 rings (SSSR count). The highest BCUT2D eigenvalue weighted by atomic mass is 16.7. The Morgan fingerprint density at radius 1 is 0.773 bits per heavy atom. The van der Waals surface area contributed by atoms with E-state index < -0.39 is 0 Å². The van der Waals surface area contributed by atoms with E-state index in [0.717, 1.165) is 58.5 Å². The molecule has 0 saturated carbocycles. The first kappa shape index (κ1) is 17.9. The first-order valence-corrected chi connectivity index (χ1v) is 8.94. The third kappa shape index (κ3) is 6.37. The Balaban J connectivity index is 1.55. The van der Waals surface area contributed by atoms with Crippen LogP contribution in [0.3, 0.4) is 0 Å². The SMILES string of the molecule is CCC/C=C/[C@H]1CO[C@H](CCC2COC(CCC)OC2)OC1. The largest absolute Gasteiger partial charge is 0.352 e. The fraction of sp³-hybridized carbons (Fsp3) is 0.889. The van der Waals surface area contributed by atoms with Gasteiger partial charge in [0.05, 0.1) is 26.4 Å². The van der Waals surface area contributed by atoms with Crippen molar-refractivity contribution in [1.29, 1.82) is 0 Å². The van der Waals surface area contributed by atoms with Gasteiger partial charge in [0.2, 0.25) is 0 Å². The molecule has 0 unspecified atom stereocenters. The van der Waals surface area contributed by atoms with E-state index in [1.165, 1.54) is 6.42 Å². The summed E-state index contributed by atoms with van der Waals surface area (Å²) in [6.07, 6.45) is 10.8. The molecule has 0 bridgehead atoms. The second-order valence-electron chi connectivity index (χ2n) is 6.40. The van der Waals surface area contributed by atoms with E-state index in [-0.39, 0.29) is 12.6 Å². The summed E-state index contributed by atoms with van der Waals surface area (Å²) >= 11 is 0. The highest BCUT2D eigenvalue weighted by Crippen LogP contribution is 2.22. The third-order valence-electron chi connectivity index (χ3n) is 4.23. The molecule has 0 N–H and O–H groups in total. The molecular formula is C18H32O4. The van der Waals surface area contributed by atoms with E-state index in [1.54, 1.807) is 0 Å². The second-order valence-corrected chi connectivity index (χ2v) is 6.40. The zero-order chi connectivity index (χ0) is 15.6. The van der Waals surface area contributed by atoms with Gasteiger partial charge in [-0.15, -0.1) is 0 Å². The normalized spacial score (nSPS) is 33.4. The van der Waals surface area contributed by atoms with Gasteiger partial charge >= 0.3 is 0 Å². The van der Waals surface area contributed by atoms with E-state index in [1.807, 2.05) is 0 Å². The molecule has 0 spiro atoms. The van der Waals surface area contributed by atoms with Crippen LogP contribution in [0.4, 0.5) is 0 Å². The molecule has 128 valence electrons. The molecule has 2 fully saturated rings. The predicted octanol–water partition coefficient (Wildman–Crippen LogP) is 3.90. The molecule has 0 atom stereocenters. The van der Waals surface area contributed by atoms with E-state index in [2.05, 4.69) is 26.0 Å². The smallest absolute Gasteiger partial charge is 0.157 e. The molecule has 4 nitrogen and oxygen atoms in total. The van der Waals surface area contributed by atoms with Crippen molar-refractivity contribution in [3.63, 3.8) is 0 Å². The lowest BCUT2D eigenvalue weighted by Gasteiger charge is -2.32. The van der Waals surface area contributed by atoms with Crippen LogP contribution in [0.5, 0.6) is 0 Å². The molecule has 0 aliphatic carbocycles. The Morgan fingerprint density at radius 3 is 2.05 bits per heavy atom. The summed E-state index contributed by atoms with van der Waals surface area (Å²) in [6, 6.07) is 0. The van der Waals surface area contributed by atoms with Crippen molar-refractivity contribution in [2.24, 2.45) is 11.8 Å².